The van der Waals surface area contributed by atoms with Gasteiger partial charge in [-0.25, -0.2) is 4.79 Å². The summed E-state index contributed by atoms with van der Waals surface area (Å²) in [7, 11) is 1.56. The maximum atomic E-state index is 11.7. The second-order valence-electron chi connectivity index (χ2n) is 4.36. The van der Waals surface area contributed by atoms with E-state index in [9.17, 15) is 9.59 Å². The third-order valence-corrected chi connectivity index (χ3v) is 2.93. The van der Waals surface area contributed by atoms with Crippen LogP contribution in [0.15, 0.2) is 42.5 Å². The molecule has 0 heterocycles. The van der Waals surface area contributed by atoms with Crippen LogP contribution in [-0.4, -0.2) is 24.0 Å². The Morgan fingerprint density at radius 1 is 1.00 bits per heavy atom. The van der Waals surface area contributed by atoms with Gasteiger partial charge in [-0.2, -0.15) is 0 Å². The van der Waals surface area contributed by atoms with E-state index in [-0.39, 0.29) is 11.3 Å². The number of carbonyl (C=O) groups excluding carboxylic acids is 1. The summed E-state index contributed by atoms with van der Waals surface area (Å²) in [5.74, 6) is -1.10. The van der Waals surface area contributed by atoms with Crippen LogP contribution in [0.1, 0.15) is 15.9 Å². The van der Waals surface area contributed by atoms with Gasteiger partial charge in [-0.1, -0.05) is 12.1 Å². The number of para-hydroxylation sites is 1. The molecule has 0 fully saturated rings. The number of ketones is 1. The summed E-state index contributed by atoms with van der Waals surface area (Å²) in [5, 5.41) is 8.86. The van der Waals surface area contributed by atoms with Crippen LogP contribution < -0.4 is 9.47 Å². The molecule has 0 aromatic heterocycles. The first kappa shape index (κ1) is 14.6. The molecule has 0 amide bonds. The van der Waals surface area contributed by atoms with Gasteiger partial charge < -0.3 is 14.6 Å². The quantitative estimate of drug-likeness (QED) is 0.675. The highest BCUT2D eigenvalue weighted by atomic mass is 16.5. The molecule has 0 aliphatic heterocycles. The van der Waals surface area contributed by atoms with Crippen LogP contribution >= 0.6 is 0 Å². The van der Waals surface area contributed by atoms with Crippen molar-refractivity contribution in [2.45, 2.75) is 6.92 Å². The Bertz CT molecular complexity index is 674. The number of rotatable bonds is 5. The van der Waals surface area contributed by atoms with Gasteiger partial charge in [0.05, 0.1) is 12.7 Å². The second kappa shape index (κ2) is 6.09. The van der Waals surface area contributed by atoms with Crippen molar-refractivity contribution < 1.29 is 24.2 Å². The molecule has 108 valence electrons. The Balaban J connectivity index is 2.38. The highest BCUT2D eigenvalue weighted by molar-refractivity contribution is 6.40. The lowest BCUT2D eigenvalue weighted by atomic mass is 10.1. The van der Waals surface area contributed by atoms with Crippen LogP contribution in [-0.2, 0) is 4.79 Å². The molecule has 5 nitrogen and oxygen atoms in total. The van der Waals surface area contributed by atoms with E-state index in [0.29, 0.717) is 17.1 Å². The lowest BCUT2D eigenvalue weighted by Gasteiger charge is -2.12. The van der Waals surface area contributed by atoms with Crippen molar-refractivity contribution in [1.82, 2.24) is 0 Å². The van der Waals surface area contributed by atoms with E-state index in [4.69, 9.17) is 14.6 Å². The van der Waals surface area contributed by atoms with E-state index >= 15 is 0 Å². The number of aliphatic carboxylic acids is 1. The molecule has 0 saturated carbocycles. The van der Waals surface area contributed by atoms with Crippen LogP contribution in [0.3, 0.4) is 0 Å². The number of hydrogen-bond donors (Lipinski definition) is 1. The van der Waals surface area contributed by atoms with Crippen LogP contribution in [0.25, 0.3) is 0 Å². The normalized spacial score (nSPS) is 10.0. The topological polar surface area (TPSA) is 72.8 Å². The summed E-state index contributed by atoms with van der Waals surface area (Å²) in [6.45, 7) is 1.75. The standard InChI is InChI=1S/C16H14O5/c1-10-4-3-5-13(14(17)16(18)19)15(10)21-12-8-6-11(20-2)7-9-12/h3-9H,1-2H3,(H,18,19). The number of aryl methyl sites for hydroxylation is 1. The maximum Gasteiger partial charge on any atom is 0.377 e. The average Bonchev–Trinajstić information content (AvgIpc) is 2.49. The minimum absolute atomic E-state index is 0.0262. The summed E-state index contributed by atoms with van der Waals surface area (Å²) in [4.78, 5) is 22.6. The Kier molecular flexibility index (Phi) is 4.23. The Morgan fingerprint density at radius 3 is 2.19 bits per heavy atom. The SMILES string of the molecule is COc1ccc(Oc2c(C)cccc2C(=O)C(=O)O)cc1. The number of ether oxygens (including phenoxy) is 2. The summed E-state index contributed by atoms with van der Waals surface area (Å²) in [6, 6.07) is 11.6. The zero-order valence-electron chi connectivity index (χ0n) is 11.6. The average molecular weight is 286 g/mol. The van der Waals surface area contributed by atoms with Gasteiger partial charge in [-0.15, -0.1) is 0 Å². The van der Waals surface area contributed by atoms with Gasteiger partial charge in [0.2, 0.25) is 0 Å². The smallest absolute Gasteiger partial charge is 0.377 e. The van der Waals surface area contributed by atoms with Gasteiger partial charge in [0.15, 0.2) is 0 Å². The lowest BCUT2D eigenvalue weighted by molar-refractivity contribution is -0.131. The third-order valence-electron chi connectivity index (χ3n) is 2.93. The van der Waals surface area contributed by atoms with E-state index in [1.54, 1.807) is 50.4 Å². The highest BCUT2D eigenvalue weighted by Gasteiger charge is 2.21. The van der Waals surface area contributed by atoms with Gasteiger partial charge in [0, 0.05) is 0 Å². The molecular weight excluding hydrogens is 272 g/mol. The van der Waals surface area contributed by atoms with Crippen molar-refractivity contribution in [3.63, 3.8) is 0 Å². The number of benzene rings is 2. The summed E-state index contributed by atoms with van der Waals surface area (Å²) >= 11 is 0. The molecule has 5 heteroatoms. The third kappa shape index (κ3) is 3.20. The van der Waals surface area contributed by atoms with E-state index in [0.717, 1.165) is 0 Å². The van der Waals surface area contributed by atoms with Gasteiger partial charge in [-0.3, -0.25) is 4.79 Å². The number of carbonyl (C=O) groups is 2. The first-order chi connectivity index (χ1) is 10.0. The molecule has 0 saturated heterocycles. The Labute approximate surface area is 121 Å². The van der Waals surface area contributed by atoms with Gasteiger partial charge in [0.25, 0.3) is 5.78 Å². The molecule has 1 N–H and O–H groups in total. The van der Waals surface area contributed by atoms with Crippen molar-refractivity contribution in [2.24, 2.45) is 0 Å². The van der Waals surface area contributed by atoms with Crippen molar-refractivity contribution >= 4 is 11.8 Å². The van der Waals surface area contributed by atoms with E-state index < -0.39 is 11.8 Å². The van der Waals surface area contributed by atoms with Crippen LogP contribution in [0.5, 0.6) is 17.2 Å². The predicted octanol–water partition coefficient (Wildman–Crippen LogP) is 3.06. The number of carboxylic acid groups (broad SMARTS) is 1. The van der Waals surface area contributed by atoms with E-state index in [2.05, 4.69) is 0 Å². The predicted molar refractivity (Wildman–Crippen MR) is 76.2 cm³/mol. The first-order valence-electron chi connectivity index (χ1n) is 6.22. The molecule has 0 radical (unpaired) electrons. The fraction of sp³-hybridized carbons (Fsp3) is 0.125. The number of hydrogen-bond acceptors (Lipinski definition) is 4. The minimum atomic E-state index is -1.51. The zero-order valence-corrected chi connectivity index (χ0v) is 11.6. The summed E-state index contributed by atoms with van der Waals surface area (Å²) in [6.07, 6.45) is 0. The molecule has 0 aliphatic carbocycles. The summed E-state index contributed by atoms with van der Waals surface area (Å²) < 4.78 is 10.7. The lowest BCUT2D eigenvalue weighted by Crippen LogP contribution is -2.14. The molecule has 0 unspecified atom stereocenters. The highest BCUT2D eigenvalue weighted by Crippen LogP contribution is 2.30. The van der Waals surface area contributed by atoms with Crippen LogP contribution in [0.2, 0.25) is 0 Å². The van der Waals surface area contributed by atoms with E-state index in [1.165, 1.54) is 6.07 Å². The number of methoxy groups -OCH3 is 1. The zero-order chi connectivity index (χ0) is 15.4. The minimum Gasteiger partial charge on any atom is -0.497 e. The number of Topliss-reactive ketones (excluding diaryl/α,β-unsaturated/α-hetero) is 1. The fourth-order valence-electron chi connectivity index (χ4n) is 1.84. The molecule has 2 aromatic carbocycles. The molecule has 0 aliphatic rings. The first-order valence-corrected chi connectivity index (χ1v) is 6.22. The van der Waals surface area contributed by atoms with Crippen molar-refractivity contribution in [3.05, 3.63) is 53.6 Å². The Hall–Kier alpha value is -2.82. The van der Waals surface area contributed by atoms with Crippen molar-refractivity contribution in [2.75, 3.05) is 7.11 Å². The van der Waals surface area contributed by atoms with Gasteiger partial charge in [0.1, 0.15) is 17.2 Å². The Morgan fingerprint density at radius 2 is 1.62 bits per heavy atom. The molecule has 21 heavy (non-hydrogen) atoms. The van der Waals surface area contributed by atoms with Gasteiger partial charge >= 0.3 is 5.97 Å². The number of carboxylic acids is 1. The van der Waals surface area contributed by atoms with Crippen molar-refractivity contribution in [1.29, 1.82) is 0 Å². The monoisotopic (exact) mass is 286 g/mol. The van der Waals surface area contributed by atoms with Crippen LogP contribution in [0.4, 0.5) is 0 Å². The second-order valence-corrected chi connectivity index (χ2v) is 4.36. The molecule has 0 atom stereocenters. The molecular formula is C16H14O5. The fourth-order valence-corrected chi connectivity index (χ4v) is 1.84. The maximum absolute atomic E-state index is 11.7. The molecule has 0 spiro atoms. The summed E-state index contributed by atoms with van der Waals surface area (Å²) in [5.41, 5.74) is 0.705. The van der Waals surface area contributed by atoms with E-state index in [1.807, 2.05) is 0 Å². The largest absolute Gasteiger partial charge is 0.497 e. The van der Waals surface area contributed by atoms with Crippen LogP contribution in [0, 0.1) is 6.92 Å². The van der Waals surface area contributed by atoms with Gasteiger partial charge in [-0.05, 0) is 42.8 Å². The van der Waals surface area contributed by atoms with Crippen molar-refractivity contribution in [3.8, 4) is 17.2 Å². The molecule has 2 rings (SSSR count). The molecule has 2 aromatic rings. The molecule has 0 bridgehead atoms.